The van der Waals surface area contributed by atoms with Gasteiger partial charge >= 0.3 is 0 Å². The maximum Gasteiger partial charge on any atom is 0.0408 e. The van der Waals surface area contributed by atoms with E-state index in [1.807, 2.05) is 6.07 Å². The second-order valence-corrected chi connectivity index (χ2v) is 5.40. The molecule has 0 saturated carbocycles. The molecule has 1 fully saturated rings. The van der Waals surface area contributed by atoms with E-state index in [-0.39, 0.29) is 0 Å². The third-order valence-corrected chi connectivity index (χ3v) is 3.68. The summed E-state index contributed by atoms with van der Waals surface area (Å²) in [5.74, 6) is 0.594. The van der Waals surface area contributed by atoms with E-state index in [2.05, 4.69) is 42.4 Å². The maximum absolute atomic E-state index is 6.07. The Kier molecular flexibility index (Phi) is 4.43. The lowest BCUT2D eigenvalue weighted by Gasteiger charge is -2.36. The standard InChI is InChI=1S/C14H21ClN2/c1-3-16-14-8-12(9-17(2)10-14)11-5-4-6-13(15)7-11/h4-7,12,14,16H,3,8-10H2,1-2H3. The van der Waals surface area contributed by atoms with Crippen molar-refractivity contribution in [2.24, 2.45) is 0 Å². The molecule has 1 aromatic carbocycles. The highest BCUT2D eigenvalue weighted by Crippen LogP contribution is 2.28. The molecule has 2 atom stereocenters. The van der Waals surface area contributed by atoms with E-state index in [1.54, 1.807) is 0 Å². The monoisotopic (exact) mass is 252 g/mol. The van der Waals surface area contributed by atoms with Gasteiger partial charge in [-0.15, -0.1) is 0 Å². The van der Waals surface area contributed by atoms with Crippen LogP contribution in [0.1, 0.15) is 24.8 Å². The van der Waals surface area contributed by atoms with Gasteiger partial charge in [0.25, 0.3) is 0 Å². The molecule has 2 nitrogen and oxygen atoms in total. The van der Waals surface area contributed by atoms with Crippen molar-refractivity contribution in [1.82, 2.24) is 10.2 Å². The van der Waals surface area contributed by atoms with E-state index in [1.165, 1.54) is 12.0 Å². The highest BCUT2D eigenvalue weighted by molar-refractivity contribution is 6.30. The predicted molar refractivity (Wildman–Crippen MR) is 73.8 cm³/mol. The smallest absolute Gasteiger partial charge is 0.0408 e. The van der Waals surface area contributed by atoms with Gasteiger partial charge in [0.05, 0.1) is 0 Å². The molecule has 0 amide bonds. The Balaban J connectivity index is 2.09. The third-order valence-electron chi connectivity index (χ3n) is 3.45. The Morgan fingerprint density at radius 2 is 2.24 bits per heavy atom. The average molecular weight is 253 g/mol. The quantitative estimate of drug-likeness (QED) is 0.890. The molecule has 0 aliphatic carbocycles. The topological polar surface area (TPSA) is 15.3 Å². The van der Waals surface area contributed by atoms with Crippen molar-refractivity contribution in [3.8, 4) is 0 Å². The van der Waals surface area contributed by atoms with Crippen LogP contribution in [0.25, 0.3) is 0 Å². The summed E-state index contributed by atoms with van der Waals surface area (Å²) in [6.45, 7) is 5.48. The minimum Gasteiger partial charge on any atom is -0.313 e. The lowest BCUT2D eigenvalue weighted by Crippen LogP contribution is -2.46. The fourth-order valence-corrected chi connectivity index (χ4v) is 2.96. The Morgan fingerprint density at radius 3 is 2.94 bits per heavy atom. The number of likely N-dealkylation sites (N-methyl/N-ethyl adjacent to an activating group) is 2. The van der Waals surface area contributed by atoms with Crippen molar-refractivity contribution in [1.29, 1.82) is 0 Å². The first-order valence-electron chi connectivity index (χ1n) is 6.36. The van der Waals surface area contributed by atoms with Crippen LogP contribution in [0.4, 0.5) is 0 Å². The van der Waals surface area contributed by atoms with Gasteiger partial charge in [0.2, 0.25) is 0 Å². The van der Waals surface area contributed by atoms with Crippen LogP contribution in [0.3, 0.4) is 0 Å². The van der Waals surface area contributed by atoms with Crippen LogP contribution in [0.5, 0.6) is 0 Å². The van der Waals surface area contributed by atoms with Crippen LogP contribution >= 0.6 is 11.6 Å². The molecule has 1 aliphatic rings. The molecule has 0 radical (unpaired) electrons. The molecule has 0 aromatic heterocycles. The second-order valence-electron chi connectivity index (χ2n) is 4.96. The van der Waals surface area contributed by atoms with E-state index in [9.17, 15) is 0 Å². The van der Waals surface area contributed by atoms with Gasteiger partial charge in [-0.25, -0.2) is 0 Å². The summed E-state index contributed by atoms with van der Waals surface area (Å²) in [4.78, 5) is 2.41. The van der Waals surface area contributed by atoms with Gasteiger partial charge < -0.3 is 10.2 Å². The number of rotatable bonds is 3. The van der Waals surface area contributed by atoms with Gasteiger partial charge in [-0.2, -0.15) is 0 Å². The van der Waals surface area contributed by atoms with Gasteiger partial charge in [-0.3, -0.25) is 0 Å². The zero-order valence-electron chi connectivity index (χ0n) is 10.6. The highest BCUT2D eigenvalue weighted by Gasteiger charge is 2.25. The van der Waals surface area contributed by atoms with Gasteiger partial charge in [-0.1, -0.05) is 30.7 Å². The molecule has 0 spiro atoms. The van der Waals surface area contributed by atoms with Gasteiger partial charge in [-0.05, 0) is 43.6 Å². The molecule has 0 bridgehead atoms. The molecule has 1 saturated heterocycles. The Bertz CT molecular complexity index is 367. The van der Waals surface area contributed by atoms with Gasteiger partial charge in [0.1, 0.15) is 0 Å². The molecule has 1 aromatic rings. The first kappa shape index (κ1) is 12.9. The minimum absolute atomic E-state index is 0.594. The van der Waals surface area contributed by atoms with E-state index in [0.717, 1.165) is 24.7 Å². The molecule has 2 unspecified atom stereocenters. The number of likely N-dealkylation sites (tertiary alicyclic amines) is 1. The highest BCUT2D eigenvalue weighted by atomic mass is 35.5. The molecule has 3 heteroatoms. The summed E-state index contributed by atoms with van der Waals surface area (Å²) in [6.07, 6.45) is 1.21. The number of nitrogens with zero attached hydrogens (tertiary/aromatic N) is 1. The van der Waals surface area contributed by atoms with Crippen molar-refractivity contribution in [3.05, 3.63) is 34.9 Å². The summed E-state index contributed by atoms with van der Waals surface area (Å²) in [5, 5.41) is 4.40. The molecule has 1 heterocycles. The summed E-state index contributed by atoms with van der Waals surface area (Å²) < 4.78 is 0. The molecule has 1 N–H and O–H groups in total. The minimum atomic E-state index is 0.594. The van der Waals surface area contributed by atoms with Gasteiger partial charge in [0, 0.05) is 24.2 Å². The van der Waals surface area contributed by atoms with E-state index in [0.29, 0.717) is 12.0 Å². The Labute approximate surface area is 109 Å². The van der Waals surface area contributed by atoms with Crippen LogP contribution in [0.15, 0.2) is 24.3 Å². The number of benzene rings is 1. The van der Waals surface area contributed by atoms with Crippen LogP contribution in [0, 0.1) is 0 Å². The van der Waals surface area contributed by atoms with Crippen LogP contribution in [0.2, 0.25) is 5.02 Å². The number of nitrogens with one attached hydrogen (secondary N) is 1. The van der Waals surface area contributed by atoms with E-state index in [4.69, 9.17) is 11.6 Å². The zero-order chi connectivity index (χ0) is 12.3. The van der Waals surface area contributed by atoms with Crippen molar-refractivity contribution in [2.45, 2.75) is 25.3 Å². The first-order chi connectivity index (χ1) is 8.19. The average Bonchev–Trinajstić information content (AvgIpc) is 2.28. The molecule has 94 valence electrons. The fraction of sp³-hybridized carbons (Fsp3) is 0.571. The molecule has 1 aliphatic heterocycles. The third kappa shape index (κ3) is 3.44. The van der Waals surface area contributed by atoms with Crippen molar-refractivity contribution < 1.29 is 0 Å². The van der Waals surface area contributed by atoms with E-state index >= 15 is 0 Å². The van der Waals surface area contributed by atoms with Crippen molar-refractivity contribution in [2.75, 3.05) is 26.7 Å². The zero-order valence-corrected chi connectivity index (χ0v) is 11.4. The number of hydrogen-bond donors (Lipinski definition) is 1. The van der Waals surface area contributed by atoms with Crippen LogP contribution in [-0.4, -0.2) is 37.6 Å². The Hall–Kier alpha value is -0.570. The van der Waals surface area contributed by atoms with E-state index < -0.39 is 0 Å². The second kappa shape index (κ2) is 5.85. The summed E-state index contributed by atoms with van der Waals surface area (Å²) in [6, 6.07) is 8.89. The van der Waals surface area contributed by atoms with Crippen LogP contribution in [-0.2, 0) is 0 Å². The van der Waals surface area contributed by atoms with Gasteiger partial charge in [0.15, 0.2) is 0 Å². The van der Waals surface area contributed by atoms with Crippen molar-refractivity contribution in [3.63, 3.8) is 0 Å². The number of piperidine rings is 1. The Morgan fingerprint density at radius 1 is 1.41 bits per heavy atom. The SMILES string of the molecule is CCNC1CC(c2cccc(Cl)c2)CN(C)C1. The first-order valence-corrected chi connectivity index (χ1v) is 6.74. The fourth-order valence-electron chi connectivity index (χ4n) is 2.76. The summed E-state index contributed by atoms with van der Waals surface area (Å²) >= 11 is 6.07. The number of halogens is 1. The molecular formula is C14H21ClN2. The predicted octanol–water partition coefficient (Wildman–Crippen LogP) is 2.74. The molecule has 17 heavy (non-hydrogen) atoms. The number of hydrogen-bond acceptors (Lipinski definition) is 2. The lowest BCUT2D eigenvalue weighted by molar-refractivity contribution is 0.206. The summed E-state index contributed by atoms with van der Waals surface area (Å²) in [5.41, 5.74) is 1.37. The van der Waals surface area contributed by atoms with Crippen LogP contribution < -0.4 is 5.32 Å². The normalized spacial score (nSPS) is 26.1. The molecule has 2 rings (SSSR count). The van der Waals surface area contributed by atoms with Crippen molar-refractivity contribution >= 4 is 11.6 Å². The lowest BCUT2D eigenvalue weighted by atomic mass is 9.88. The maximum atomic E-state index is 6.07. The molecular weight excluding hydrogens is 232 g/mol. The summed E-state index contributed by atoms with van der Waals surface area (Å²) in [7, 11) is 2.20. The largest absolute Gasteiger partial charge is 0.313 e.